The Morgan fingerprint density at radius 2 is 1.55 bits per heavy atom. The highest BCUT2D eigenvalue weighted by atomic mass is 16.7. The number of nitrogens with zero attached hydrogens (tertiary/aromatic N) is 3. The summed E-state index contributed by atoms with van der Waals surface area (Å²) in [5.41, 5.74) is -1.57. The van der Waals surface area contributed by atoms with Gasteiger partial charge in [-0.3, -0.25) is 14.2 Å². The third kappa shape index (κ3) is 13.6. The zero-order chi connectivity index (χ0) is 51.3. The van der Waals surface area contributed by atoms with E-state index in [4.69, 9.17) is 28.4 Å². The molecule has 3 saturated heterocycles. The van der Waals surface area contributed by atoms with Crippen LogP contribution in [-0.2, 0) is 39.6 Å². The molecule has 5 rings (SSSR count). The number of hydrogen-bond donors (Lipinski definition) is 5. The molecule has 392 valence electrons. The molecule has 0 saturated carbocycles. The van der Waals surface area contributed by atoms with Crippen LogP contribution in [0, 0.1) is 24.7 Å². The number of methoxy groups -OCH3 is 1. The Labute approximate surface area is 411 Å². The molecular formula is C53H87N3O13. The summed E-state index contributed by atoms with van der Waals surface area (Å²) in [6.45, 7) is 20.7. The largest absolute Gasteiger partial charge is 0.459 e. The predicted octanol–water partition coefficient (Wildman–Crippen LogP) is 4.75. The highest BCUT2D eigenvalue weighted by molar-refractivity contribution is 5.73. The monoisotopic (exact) mass is 974 g/mol. The van der Waals surface area contributed by atoms with E-state index in [1.165, 1.54) is 19.6 Å². The summed E-state index contributed by atoms with van der Waals surface area (Å²) in [4.78, 5) is 31.0. The molecule has 0 bridgehead atoms. The second-order valence-corrected chi connectivity index (χ2v) is 21.7. The van der Waals surface area contributed by atoms with Gasteiger partial charge >= 0.3 is 5.97 Å². The summed E-state index contributed by atoms with van der Waals surface area (Å²) >= 11 is 0. The predicted molar refractivity (Wildman–Crippen MR) is 263 cm³/mol. The van der Waals surface area contributed by atoms with E-state index in [-0.39, 0.29) is 42.9 Å². The van der Waals surface area contributed by atoms with Crippen molar-refractivity contribution in [3.05, 3.63) is 64.1 Å². The number of benzene rings is 1. The molecule has 3 aliphatic heterocycles. The summed E-state index contributed by atoms with van der Waals surface area (Å²) in [5, 5.41) is 59.6. The molecule has 69 heavy (non-hydrogen) atoms. The van der Waals surface area contributed by atoms with Crippen molar-refractivity contribution in [2.45, 2.75) is 211 Å². The number of hydrogen-bond acceptors (Lipinski definition) is 15. The molecule has 18 atom stereocenters. The minimum absolute atomic E-state index is 0.0751. The summed E-state index contributed by atoms with van der Waals surface area (Å²) < 4.78 is 40.0. The van der Waals surface area contributed by atoms with Gasteiger partial charge in [0.15, 0.2) is 12.6 Å². The molecule has 0 amide bonds. The van der Waals surface area contributed by atoms with E-state index < -0.39 is 96.0 Å². The zero-order valence-electron chi connectivity index (χ0n) is 43.9. The lowest BCUT2D eigenvalue weighted by Gasteiger charge is -2.49. The van der Waals surface area contributed by atoms with Crippen molar-refractivity contribution < 1.29 is 58.7 Å². The van der Waals surface area contributed by atoms with E-state index in [2.05, 4.69) is 17.0 Å². The van der Waals surface area contributed by atoms with Crippen LogP contribution < -0.4 is 5.56 Å². The van der Waals surface area contributed by atoms with Gasteiger partial charge in [0.2, 0.25) is 0 Å². The van der Waals surface area contributed by atoms with Crippen molar-refractivity contribution in [1.29, 1.82) is 0 Å². The number of carbonyl (C=O) groups is 1. The number of pyridine rings is 1. The first-order valence-electron chi connectivity index (χ1n) is 25.3. The quantitative estimate of drug-likeness (QED) is 0.136. The number of aryl methyl sites for hydroxylation is 2. The second-order valence-electron chi connectivity index (χ2n) is 21.7. The van der Waals surface area contributed by atoms with Crippen LogP contribution in [0.5, 0.6) is 0 Å². The first-order valence-corrected chi connectivity index (χ1v) is 25.3. The van der Waals surface area contributed by atoms with Crippen molar-refractivity contribution in [3.8, 4) is 5.69 Å². The summed E-state index contributed by atoms with van der Waals surface area (Å²) in [7, 11) is 5.35. The van der Waals surface area contributed by atoms with Gasteiger partial charge in [-0.1, -0.05) is 39.0 Å². The molecule has 5 N–H and O–H groups in total. The van der Waals surface area contributed by atoms with Crippen LogP contribution in [0.3, 0.4) is 0 Å². The lowest BCUT2D eigenvalue weighted by Crippen LogP contribution is -2.60. The maximum absolute atomic E-state index is 14.5. The van der Waals surface area contributed by atoms with Crippen molar-refractivity contribution >= 4 is 5.97 Å². The Morgan fingerprint density at radius 3 is 2.19 bits per heavy atom. The minimum Gasteiger partial charge on any atom is -0.459 e. The van der Waals surface area contributed by atoms with Gasteiger partial charge in [0.1, 0.15) is 30.0 Å². The Bertz CT molecular complexity index is 2000. The van der Waals surface area contributed by atoms with Crippen LogP contribution in [0.2, 0.25) is 0 Å². The highest BCUT2D eigenvalue weighted by Crippen LogP contribution is 2.40. The molecule has 1 aromatic heterocycles. The van der Waals surface area contributed by atoms with Gasteiger partial charge in [-0.05, 0) is 144 Å². The molecule has 16 heteroatoms. The fraction of sp³-hybridized carbons (Fsp3) is 0.774. The van der Waals surface area contributed by atoms with Crippen LogP contribution in [-0.4, -0.2) is 170 Å². The van der Waals surface area contributed by atoms with Crippen molar-refractivity contribution in [2.75, 3.05) is 34.3 Å². The van der Waals surface area contributed by atoms with Crippen molar-refractivity contribution in [2.24, 2.45) is 17.8 Å². The zero-order valence-corrected chi connectivity index (χ0v) is 43.9. The molecule has 0 aliphatic carbocycles. The SMILES string of the molecule is CC[C@H]1OC(=O)[C@H](C)[C@@H](O[C@H]2C[C@@](C)(OC)[C@@H](O)[C@H](C)O2)[C@H](C)[C@@H](O[C@@H]2O[C@H](C)C[C@H](N(C)CCCCc3ccc(-n4cc(C)ccc4=O)cc3)[C@H]2O)[C@](C)(O)C[C@@H](C)CN(C)[C@H](C)[C@@H](O)[C@]1(C)O. The molecule has 16 nitrogen and oxygen atoms in total. The van der Waals surface area contributed by atoms with E-state index in [9.17, 15) is 35.1 Å². The number of unbranched alkanes of at least 4 members (excludes halogenated alkanes) is 1. The fourth-order valence-electron chi connectivity index (χ4n) is 11.1. The first kappa shape index (κ1) is 57.1. The maximum Gasteiger partial charge on any atom is 0.311 e. The molecule has 0 unspecified atom stereocenters. The van der Waals surface area contributed by atoms with Gasteiger partial charge in [-0.15, -0.1) is 0 Å². The molecule has 3 fully saturated rings. The number of ether oxygens (including phenoxy) is 6. The topological polar surface area (TPSA) is 202 Å². The number of cyclic esters (lactones) is 1. The molecule has 0 radical (unpaired) electrons. The Morgan fingerprint density at radius 1 is 0.884 bits per heavy atom. The number of aliphatic hydroxyl groups is 5. The van der Waals surface area contributed by atoms with E-state index in [1.807, 2.05) is 71.1 Å². The first-order chi connectivity index (χ1) is 32.2. The summed E-state index contributed by atoms with van der Waals surface area (Å²) in [5.74, 6) is -2.72. The van der Waals surface area contributed by atoms with E-state index in [0.717, 1.165) is 30.5 Å². The van der Waals surface area contributed by atoms with Gasteiger partial charge in [0, 0.05) is 56.0 Å². The lowest BCUT2D eigenvalue weighted by atomic mass is 9.77. The van der Waals surface area contributed by atoms with Gasteiger partial charge < -0.3 is 63.8 Å². The normalized spacial score (nSPS) is 40.2. The summed E-state index contributed by atoms with van der Waals surface area (Å²) in [6, 6.07) is 10.5. The number of esters is 1. The Hall–Kier alpha value is -2.84. The van der Waals surface area contributed by atoms with Crippen molar-refractivity contribution in [1.82, 2.24) is 14.4 Å². The van der Waals surface area contributed by atoms with Crippen LogP contribution in [0.4, 0.5) is 0 Å². The molecular weight excluding hydrogens is 887 g/mol. The maximum atomic E-state index is 14.5. The van der Waals surface area contributed by atoms with Gasteiger partial charge in [-0.25, -0.2) is 0 Å². The van der Waals surface area contributed by atoms with Gasteiger partial charge in [-0.2, -0.15) is 0 Å². The number of aliphatic hydroxyl groups excluding tert-OH is 3. The minimum atomic E-state index is -1.83. The fourth-order valence-corrected chi connectivity index (χ4v) is 11.1. The number of likely N-dealkylation sites (N-methyl/N-ethyl adjacent to an activating group) is 2. The van der Waals surface area contributed by atoms with Crippen LogP contribution >= 0.6 is 0 Å². The third-order valence-corrected chi connectivity index (χ3v) is 15.6. The summed E-state index contributed by atoms with van der Waals surface area (Å²) in [6.07, 6.45) is -4.28. The number of rotatable bonds is 13. The standard InChI is InChI=1S/C53H87N3O13/c1-15-41-53(11,63)46(59)36(7)55(13)29-32(3)27-51(9,62)48(34(5)45(35(6)49(61)67-41)68-43-28-52(10,64-14)47(60)37(8)66-43)69-50-44(58)40(26-33(4)65-50)54(12)25-17-16-18-38-20-22-39(23-21-38)56-30-31(2)19-24-42(56)57/h19-24,30,32-37,40-41,43-48,50,58-60,62-63H,15-18,25-29H2,1-14H3/t32-,33-,34+,35-,36-,37+,40+,41-,43+,44-,45+,46-,47+,48-,50+,51-,52-,53-/m1/s1. The molecule has 0 spiro atoms. The second kappa shape index (κ2) is 23.8. The van der Waals surface area contributed by atoms with E-state index in [0.29, 0.717) is 19.5 Å². The van der Waals surface area contributed by atoms with Gasteiger partial charge in [0.25, 0.3) is 5.56 Å². The number of aromatic nitrogens is 1. The lowest BCUT2D eigenvalue weighted by molar-refractivity contribution is -0.318. The Balaban J connectivity index is 1.41. The average molecular weight is 974 g/mol. The van der Waals surface area contributed by atoms with Crippen LogP contribution in [0.25, 0.3) is 5.69 Å². The van der Waals surface area contributed by atoms with Gasteiger partial charge in [0.05, 0.1) is 41.5 Å². The molecule has 3 aliphatic rings. The van der Waals surface area contributed by atoms with Crippen molar-refractivity contribution in [3.63, 3.8) is 0 Å². The van der Waals surface area contributed by atoms with Crippen LogP contribution in [0.1, 0.15) is 119 Å². The molecule has 4 heterocycles. The smallest absolute Gasteiger partial charge is 0.311 e. The molecule has 1 aromatic carbocycles. The van der Waals surface area contributed by atoms with E-state index >= 15 is 0 Å². The molecule has 2 aromatic rings. The highest BCUT2D eigenvalue weighted by Gasteiger charge is 2.53. The average Bonchev–Trinajstić information content (AvgIpc) is 3.29. The number of carbonyl (C=O) groups excluding carboxylic acids is 1. The van der Waals surface area contributed by atoms with Crippen LogP contribution in [0.15, 0.2) is 47.4 Å². The van der Waals surface area contributed by atoms with E-state index in [1.54, 1.807) is 52.2 Å². The Kier molecular flexibility index (Phi) is 19.7. The third-order valence-electron chi connectivity index (χ3n) is 15.6.